The van der Waals surface area contributed by atoms with Gasteiger partial charge in [-0.15, -0.1) is 0 Å². The Bertz CT molecular complexity index is 709. The highest BCUT2D eigenvalue weighted by Crippen LogP contribution is 2.29. The molecule has 1 aliphatic heterocycles. The van der Waals surface area contributed by atoms with Crippen molar-refractivity contribution in [3.8, 4) is 0 Å². The van der Waals surface area contributed by atoms with E-state index in [0.29, 0.717) is 26.2 Å². The van der Waals surface area contributed by atoms with Gasteiger partial charge in [-0.05, 0) is 5.56 Å². The maximum absolute atomic E-state index is 14.1. The molecule has 0 aliphatic carbocycles. The number of nitro benzene ring substituents is 1. The van der Waals surface area contributed by atoms with E-state index in [4.69, 9.17) is 0 Å². The lowest BCUT2D eigenvalue weighted by molar-refractivity contribution is -0.385. The van der Waals surface area contributed by atoms with Gasteiger partial charge in [-0.25, -0.2) is 8.78 Å². The van der Waals surface area contributed by atoms with Crippen molar-refractivity contribution in [2.24, 2.45) is 0 Å². The fraction of sp³-hybridized carbons (Fsp3) is 0.294. The van der Waals surface area contributed by atoms with Crippen LogP contribution in [0.5, 0.6) is 0 Å². The smallest absolute Gasteiger partial charge is 0.275 e. The van der Waals surface area contributed by atoms with Gasteiger partial charge in [0.2, 0.25) is 0 Å². The summed E-state index contributed by atoms with van der Waals surface area (Å²) < 4.78 is 28.2. The Labute approximate surface area is 138 Å². The van der Waals surface area contributed by atoms with Gasteiger partial charge in [0.1, 0.15) is 5.69 Å². The van der Waals surface area contributed by atoms with Gasteiger partial charge in [0.15, 0.2) is 11.6 Å². The van der Waals surface area contributed by atoms with Gasteiger partial charge >= 0.3 is 0 Å². The summed E-state index contributed by atoms with van der Waals surface area (Å²) in [7, 11) is 0. The van der Waals surface area contributed by atoms with Crippen molar-refractivity contribution in [3.05, 3.63) is 69.8 Å². The standard InChI is InChI=1S/C17H17F2N3O2/c18-15-10-14(22(23)24)11-16(19)17(15)21-8-6-20(7-9-21)12-13-4-2-1-3-5-13/h1-5,10-11H,6-9,12H2. The van der Waals surface area contributed by atoms with Crippen molar-refractivity contribution in [2.45, 2.75) is 6.54 Å². The molecular formula is C17H17F2N3O2. The molecule has 3 rings (SSSR count). The molecule has 0 atom stereocenters. The van der Waals surface area contributed by atoms with Gasteiger partial charge in [-0.3, -0.25) is 15.0 Å². The van der Waals surface area contributed by atoms with Crippen molar-refractivity contribution >= 4 is 11.4 Å². The van der Waals surface area contributed by atoms with Crippen molar-refractivity contribution in [1.82, 2.24) is 4.90 Å². The minimum Gasteiger partial charge on any atom is -0.364 e. The number of halogens is 2. The minimum absolute atomic E-state index is 0.181. The van der Waals surface area contributed by atoms with Crippen molar-refractivity contribution in [1.29, 1.82) is 0 Å². The van der Waals surface area contributed by atoms with Crippen LogP contribution in [0.25, 0.3) is 0 Å². The van der Waals surface area contributed by atoms with Crippen LogP contribution >= 0.6 is 0 Å². The second-order valence-electron chi connectivity index (χ2n) is 5.76. The predicted molar refractivity (Wildman–Crippen MR) is 86.9 cm³/mol. The molecule has 1 aliphatic rings. The Balaban J connectivity index is 1.67. The molecule has 0 saturated carbocycles. The largest absolute Gasteiger partial charge is 0.364 e. The van der Waals surface area contributed by atoms with Gasteiger partial charge < -0.3 is 4.90 Å². The molecule has 7 heteroatoms. The fourth-order valence-electron chi connectivity index (χ4n) is 2.93. The molecule has 1 fully saturated rings. The molecule has 5 nitrogen and oxygen atoms in total. The highest BCUT2D eigenvalue weighted by molar-refractivity contribution is 5.54. The molecule has 0 amide bonds. The third-order valence-corrected chi connectivity index (χ3v) is 4.15. The van der Waals surface area contributed by atoms with Crippen molar-refractivity contribution in [2.75, 3.05) is 31.1 Å². The Morgan fingerprint density at radius 1 is 1.00 bits per heavy atom. The van der Waals surface area contributed by atoms with Gasteiger partial charge in [-0.2, -0.15) is 0 Å². The highest BCUT2D eigenvalue weighted by Gasteiger charge is 2.25. The quantitative estimate of drug-likeness (QED) is 0.637. The summed E-state index contributed by atoms with van der Waals surface area (Å²) in [4.78, 5) is 13.7. The van der Waals surface area contributed by atoms with Gasteiger partial charge in [0.05, 0.1) is 17.1 Å². The first kappa shape index (κ1) is 16.3. The molecule has 1 heterocycles. The predicted octanol–water partition coefficient (Wildman–Crippen LogP) is 3.20. The molecule has 2 aromatic rings. The first-order chi connectivity index (χ1) is 11.5. The van der Waals surface area contributed by atoms with E-state index in [0.717, 1.165) is 18.7 Å². The Hall–Kier alpha value is -2.54. The van der Waals surface area contributed by atoms with E-state index in [2.05, 4.69) is 4.90 Å². The van der Waals surface area contributed by atoms with E-state index in [-0.39, 0.29) is 5.69 Å². The Morgan fingerprint density at radius 3 is 2.12 bits per heavy atom. The maximum Gasteiger partial charge on any atom is 0.275 e. The van der Waals surface area contributed by atoms with E-state index in [1.54, 1.807) is 4.90 Å². The van der Waals surface area contributed by atoms with Crippen LogP contribution in [0, 0.1) is 21.7 Å². The number of rotatable bonds is 4. The maximum atomic E-state index is 14.1. The molecule has 0 spiro atoms. The number of hydrogen-bond donors (Lipinski definition) is 0. The zero-order chi connectivity index (χ0) is 17.1. The molecule has 2 aromatic carbocycles. The van der Waals surface area contributed by atoms with Crippen molar-refractivity contribution in [3.63, 3.8) is 0 Å². The lowest BCUT2D eigenvalue weighted by Crippen LogP contribution is -2.46. The number of anilines is 1. The first-order valence-electron chi connectivity index (χ1n) is 7.69. The summed E-state index contributed by atoms with van der Waals surface area (Å²) in [5.41, 5.74) is 0.440. The molecular weight excluding hydrogens is 316 g/mol. The fourth-order valence-corrected chi connectivity index (χ4v) is 2.93. The average molecular weight is 333 g/mol. The summed E-state index contributed by atoms with van der Waals surface area (Å²) in [6.45, 7) is 3.08. The number of hydrogen-bond acceptors (Lipinski definition) is 4. The average Bonchev–Trinajstić information content (AvgIpc) is 2.56. The van der Waals surface area contributed by atoms with E-state index in [1.807, 2.05) is 30.3 Å². The van der Waals surface area contributed by atoms with Crippen LogP contribution in [0.4, 0.5) is 20.2 Å². The summed E-state index contributed by atoms with van der Waals surface area (Å²) in [5.74, 6) is -1.78. The van der Waals surface area contributed by atoms with E-state index < -0.39 is 22.2 Å². The first-order valence-corrected chi connectivity index (χ1v) is 7.69. The van der Waals surface area contributed by atoms with Crippen molar-refractivity contribution < 1.29 is 13.7 Å². The highest BCUT2D eigenvalue weighted by atomic mass is 19.1. The number of nitrogens with zero attached hydrogens (tertiary/aromatic N) is 3. The number of non-ortho nitro benzene ring substituents is 1. The molecule has 0 N–H and O–H groups in total. The zero-order valence-electron chi connectivity index (χ0n) is 13.0. The molecule has 1 saturated heterocycles. The van der Waals surface area contributed by atoms with Crippen LogP contribution in [0.2, 0.25) is 0 Å². The minimum atomic E-state index is -0.891. The Morgan fingerprint density at radius 2 is 1.58 bits per heavy atom. The normalized spacial score (nSPS) is 15.5. The van der Waals surface area contributed by atoms with Gasteiger partial charge in [-0.1, -0.05) is 30.3 Å². The number of benzene rings is 2. The van der Waals surface area contributed by atoms with E-state index in [1.165, 1.54) is 5.56 Å². The molecule has 0 unspecified atom stereocenters. The monoisotopic (exact) mass is 333 g/mol. The van der Waals surface area contributed by atoms with Crippen LogP contribution in [-0.4, -0.2) is 36.0 Å². The summed E-state index contributed by atoms with van der Waals surface area (Å²) in [6, 6.07) is 11.6. The summed E-state index contributed by atoms with van der Waals surface area (Å²) >= 11 is 0. The molecule has 0 radical (unpaired) electrons. The van der Waals surface area contributed by atoms with Crippen LogP contribution in [0.1, 0.15) is 5.56 Å². The molecule has 126 valence electrons. The van der Waals surface area contributed by atoms with Crippen LogP contribution in [0.3, 0.4) is 0 Å². The van der Waals surface area contributed by atoms with E-state index in [9.17, 15) is 18.9 Å². The lowest BCUT2D eigenvalue weighted by Gasteiger charge is -2.36. The van der Waals surface area contributed by atoms with Crippen LogP contribution in [-0.2, 0) is 6.54 Å². The van der Waals surface area contributed by atoms with Gasteiger partial charge in [0.25, 0.3) is 5.69 Å². The molecule has 24 heavy (non-hydrogen) atoms. The SMILES string of the molecule is O=[N+]([O-])c1cc(F)c(N2CCN(Cc3ccccc3)CC2)c(F)c1. The molecule has 0 aromatic heterocycles. The lowest BCUT2D eigenvalue weighted by atomic mass is 10.1. The topological polar surface area (TPSA) is 49.6 Å². The Kier molecular flexibility index (Phi) is 4.71. The summed E-state index contributed by atoms with van der Waals surface area (Å²) in [5, 5.41) is 10.7. The molecule has 0 bridgehead atoms. The van der Waals surface area contributed by atoms with Crippen LogP contribution in [0.15, 0.2) is 42.5 Å². The van der Waals surface area contributed by atoms with E-state index >= 15 is 0 Å². The number of piperazine rings is 1. The zero-order valence-corrected chi connectivity index (χ0v) is 13.0. The third-order valence-electron chi connectivity index (χ3n) is 4.15. The van der Waals surface area contributed by atoms with Gasteiger partial charge in [0, 0.05) is 32.7 Å². The second-order valence-corrected chi connectivity index (χ2v) is 5.76. The third kappa shape index (κ3) is 3.51. The number of nitro groups is 1. The summed E-state index contributed by atoms with van der Waals surface area (Å²) in [6.07, 6.45) is 0. The second kappa shape index (κ2) is 6.92. The van der Waals surface area contributed by atoms with Crippen LogP contribution < -0.4 is 4.90 Å².